The Morgan fingerprint density at radius 2 is 1.64 bits per heavy atom. The van der Waals surface area contributed by atoms with Crippen LogP contribution in [-0.2, 0) is 23.9 Å². The Balaban J connectivity index is 0.745. The van der Waals surface area contributed by atoms with Gasteiger partial charge in [-0.3, -0.25) is 29.2 Å². The monoisotopic (exact) mass is 1170 g/mol. The number of anilines is 1. The fraction of sp³-hybridized carbons (Fsp3) is 0.492. The molecule has 7 heterocycles. The number of nitrogens with zero attached hydrogens (tertiary/aromatic N) is 8. The van der Waals surface area contributed by atoms with Crippen molar-refractivity contribution in [1.29, 1.82) is 0 Å². The molecule has 4 saturated heterocycles. The number of likely N-dealkylation sites (tertiary alicyclic amines) is 2. The van der Waals surface area contributed by atoms with E-state index in [1.54, 1.807) is 35.6 Å². The molecule has 6 aromatic rings. The second-order valence-corrected chi connectivity index (χ2v) is 25.5. The van der Waals surface area contributed by atoms with E-state index >= 15 is 8.78 Å². The lowest BCUT2D eigenvalue weighted by atomic mass is 9.85. The van der Waals surface area contributed by atoms with E-state index in [2.05, 4.69) is 36.4 Å². The second kappa shape index (κ2) is 24.7. The summed E-state index contributed by atoms with van der Waals surface area (Å²) in [7, 11) is 0. The van der Waals surface area contributed by atoms with Crippen LogP contribution in [0.1, 0.15) is 103 Å². The lowest BCUT2D eigenvalue weighted by molar-refractivity contribution is -0.144. The van der Waals surface area contributed by atoms with Crippen molar-refractivity contribution in [2.24, 2.45) is 11.3 Å². The van der Waals surface area contributed by atoms with Gasteiger partial charge in [-0.15, -0.1) is 17.8 Å². The summed E-state index contributed by atoms with van der Waals surface area (Å²) >= 11 is 1.57. The van der Waals surface area contributed by atoms with Gasteiger partial charge in [0.25, 0.3) is 0 Å². The molecule has 4 aliphatic heterocycles. The number of aliphatic hydroxyl groups excluding tert-OH is 1. The van der Waals surface area contributed by atoms with Crippen molar-refractivity contribution >= 4 is 62.6 Å². The number of terminal acetylenes is 1. The molecule has 84 heavy (non-hydrogen) atoms. The third-order valence-electron chi connectivity index (χ3n) is 16.4. The predicted molar refractivity (Wildman–Crippen MR) is 317 cm³/mol. The minimum absolute atomic E-state index is 0.000839. The van der Waals surface area contributed by atoms with E-state index in [4.69, 9.17) is 25.6 Å². The van der Waals surface area contributed by atoms with Crippen LogP contribution in [0.2, 0.25) is 0 Å². The van der Waals surface area contributed by atoms with Crippen molar-refractivity contribution in [3.05, 3.63) is 94.8 Å². The Labute approximate surface area is 492 Å². The maximum absolute atomic E-state index is 17.3. The molecule has 3 aromatic carbocycles. The number of hydrogen-bond acceptors (Lipinski definition) is 15. The highest BCUT2D eigenvalue weighted by Crippen LogP contribution is 2.40. The predicted octanol–water partition coefficient (Wildman–Crippen LogP) is 8.60. The molecule has 3 aromatic heterocycles. The van der Waals surface area contributed by atoms with Crippen LogP contribution in [-0.4, -0.2) is 159 Å². The first-order valence-corrected chi connectivity index (χ1v) is 29.8. The lowest BCUT2D eigenvalue weighted by Crippen LogP contribution is -2.58. The van der Waals surface area contributed by atoms with E-state index in [1.165, 1.54) is 17.2 Å². The molecule has 4 fully saturated rings. The van der Waals surface area contributed by atoms with Gasteiger partial charge in [0, 0.05) is 49.7 Å². The highest BCUT2D eigenvalue weighted by atomic mass is 32.1. The second-order valence-electron chi connectivity index (χ2n) is 24.7. The Morgan fingerprint density at radius 3 is 2.31 bits per heavy atom. The number of ether oxygens (including phenoxy) is 3. The molecule has 18 nitrogen and oxygen atoms in total. The van der Waals surface area contributed by atoms with Gasteiger partial charge in [-0.25, -0.2) is 18.6 Å². The summed E-state index contributed by atoms with van der Waals surface area (Å²) in [5.74, 6) is 0.370. The molecule has 10 rings (SSSR count). The molecule has 0 radical (unpaired) electrons. The zero-order valence-electron chi connectivity index (χ0n) is 48.9. The number of benzene rings is 3. The number of piperazine rings is 1. The third kappa shape index (κ3) is 13.0. The first-order chi connectivity index (χ1) is 40.0. The fourth-order valence-corrected chi connectivity index (χ4v) is 12.9. The normalized spacial score (nSPS) is 20.2. The van der Waals surface area contributed by atoms with Crippen molar-refractivity contribution in [1.82, 2.24) is 45.3 Å². The fourth-order valence-electron chi connectivity index (χ4n) is 12.1. The molecule has 444 valence electrons. The summed E-state index contributed by atoms with van der Waals surface area (Å²) in [5.41, 5.74) is 3.51. The van der Waals surface area contributed by atoms with Crippen molar-refractivity contribution in [2.75, 3.05) is 64.0 Å². The molecular formula is C63H74F2N10O8S. The van der Waals surface area contributed by atoms with Crippen LogP contribution in [0.25, 0.3) is 43.4 Å². The summed E-state index contributed by atoms with van der Waals surface area (Å²) in [6.45, 7) is 17.9. The standard InChI is InChI=1S/C63H74F2N10O8S/c1-10-45-48(64)21-18-40-12-11-13-46(51(40)45)53-52(65)54-47(29-66-53)57(73-30-42-19-20-43(31-73)75(42)61(80)83-63(7,8)9)71-60(70-54)82-27-26-72-24-22-38(23-25-72)33-81-34-50(77)69-56(62(4,5)6)59(79)74-32-44(76)28-49(74)58(78)68-36(2)39-14-16-41(17-15-39)55-37(3)67-35-84-55/h1,11-18,21,29,35-36,38,42-44,49,56,76H,19-20,22-28,30-34H2,2-9H3,(H,68,78)(H,69,77)/t36-,42?,43?,44?,49-,56+/m0/s1. The molecule has 4 amide bonds. The maximum atomic E-state index is 17.3. The molecule has 0 aliphatic carbocycles. The van der Waals surface area contributed by atoms with Crippen LogP contribution in [0.4, 0.5) is 19.4 Å². The van der Waals surface area contributed by atoms with Gasteiger partial charge in [-0.05, 0) is 107 Å². The van der Waals surface area contributed by atoms with Crippen LogP contribution < -0.4 is 20.3 Å². The number of β-amino-alcohol motifs (C(OH)–C–C–N with tert-alkyl or cyclic N) is 1. The van der Waals surface area contributed by atoms with E-state index in [-0.39, 0.29) is 85.0 Å². The first-order valence-electron chi connectivity index (χ1n) is 28.9. The van der Waals surface area contributed by atoms with Crippen LogP contribution in [0, 0.1) is 42.2 Å². The largest absolute Gasteiger partial charge is 0.462 e. The van der Waals surface area contributed by atoms with Crippen LogP contribution in [0.5, 0.6) is 6.01 Å². The average molecular weight is 1170 g/mol. The molecule has 0 saturated carbocycles. The van der Waals surface area contributed by atoms with E-state index in [9.17, 15) is 24.3 Å². The zero-order chi connectivity index (χ0) is 59.8. The summed E-state index contributed by atoms with van der Waals surface area (Å²) in [4.78, 5) is 82.0. The topological polar surface area (TPSA) is 205 Å². The highest BCUT2D eigenvalue weighted by molar-refractivity contribution is 7.13. The van der Waals surface area contributed by atoms with E-state index < -0.39 is 52.7 Å². The molecule has 21 heteroatoms. The van der Waals surface area contributed by atoms with Gasteiger partial charge in [0.1, 0.15) is 53.7 Å². The van der Waals surface area contributed by atoms with Crippen molar-refractivity contribution in [2.45, 2.75) is 129 Å². The minimum Gasteiger partial charge on any atom is -0.462 e. The zero-order valence-corrected chi connectivity index (χ0v) is 49.7. The van der Waals surface area contributed by atoms with Gasteiger partial charge >= 0.3 is 12.1 Å². The number of aliphatic hydroxyl groups is 1. The van der Waals surface area contributed by atoms with E-state index in [1.807, 2.05) is 95.0 Å². The molecular weight excluding hydrogens is 1090 g/mol. The number of thiazole rings is 1. The summed E-state index contributed by atoms with van der Waals surface area (Å²) in [6.07, 6.45) is 9.23. The molecule has 3 unspecified atom stereocenters. The Hall–Kier alpha value is -7.38. The number of hydrogen-bond donors (Lipinski definition) is 3. The third-order valence-corrected chi connectivity index (χ3v) is 17.4. The number of fused-ring (bicyclic) bond motifs is 4. The number of amides is 4. The average Bonchev–Trinajstić information content (AvgIpc) is 2.85. The number of nitrogens with one attached hydrogen (secondary N) is 2. The molecule has 3 N–H and O–H groups in total. The van der Waals surface area contributed by atoms with Crippen molar-refractivity contribution in [3.63, 3.8) is 0 Å². The number of aromatic nitrogens is 4. The SMILES string of the molecule is C#Cc1c(F)ccc2cccc(-c3ncc4c(N5CC6CCC(C5)N6C(=O)OC(C)(C)C)nc(OCCN5CCC(COCC(=O)N[C@H](C(=O)N6CC(O)C[C@H]6C(=O)N[C@@H](C)c6ccc(-c7scnc7C)cc6)C(C)(C)C)CC5)nc4c3F)c12. The van der Waals surface area contributed by atoms with Gasteiger partial charge in [-0.1, -0.05) is 75.2 Å². The Bertz CT molecular complexity index is 3470. The maximum Gasteiger partial charge on any atom is 0.410 e. The van der Waals surface area contributed by atoms with E-state index in [0.717, 1.165) is 60.5 Å². The van der Waals surface area contributed by atoms with Crippen LogP contribution >= 0.6 is 11.3 Å². The number of piperidine rings is 1. The number of halogens is 2. The number of carbonyl (C=O) groups excluding carboxylic acids is 4. The number of rotatable bonds is 16. The molecule has 2 bridgehead atoms. The summed E-state index contributed by atoms with van der Waals surface area (Å²) in [6, 6.07) is 13.3. The van der Waals surface area contributed by atoms with Crippen molar-refractivity contribution in [3.8, 4) is 40.1 Å². The quantitative estimate of drug-likeness (QED) is 0.0777. The van der Waals surface area contributed by atoms with E-state index in [0.29, 0.717) is 53.8 Å². The van der Waals surface area contributed by atoms with Gasteiger partial charge in [0.05, 0.1) is 57.9 Å². The molecule has 6 atom stereocenters. The highest BCUT2D eigenvalue weighted by Gasteiger charge is 2.47. The first kappa shape index (κ1) is 59.8. The summed E-state index contributed by atoms with van der Waals surface area (Å²) in [5, 5.41) is 18.0. The van der Waals surface area contributed by atoms with Crippen LogP contribution in [0.15, 0.2) is 66.3 Å². The Morgan fingerprint density at radius 1 is 0.917 bits per heavy atom. The van der Waals surface area contributed by atoms with Gasteiger partial charge < -0.3 is 39.8 Å². The lowest BCUT2D eigenvalue weighted by Gasteiger charge is -2.42. The summed E-state index contributed by atoms with van der Waals surface area (Å²) < 4.78 is 50.4. The smallest absolute Gasteiger partial charge is 0.410 e. The van der Waals surface area contributed by atoms with Gasteiger partial charge in [0.15, 0.2) is 5.82 Å². The minimum atomic E-state index is -0.999. The molecule has 0 spiro atoms. The van der Waals surface area contributed by atoms with Crippen molar-refractivity contribution < 1.29 is 47.3 Å². The molecule has 4 aliphatic rings. The van der Waals surface area contributed by atoms with Crippen LogP contribution in [0.3, 0.4) is 0 Å². The van der Waals surface area contributed by atoms with Gasteiger partial charge in [0.2, 0.25) is 17.7 Å². The Kier molecular flexibility index (Phi) is 17.6. The number of pyridine rings is 1. The number of carbonyl (C=O) groups is 4. The van der Waals surface area contributed by atoms with Gasteiger partial charge in [-0.2, -0.15) is 9.97 Å². The number of aryl methyl sites for hydroxylation is 1.